The first-order valence-electron chi connectivity index (χ1n) is 9.81. The van der Waals surface area contributed by atoms with Crippen LogP contribution in [0.5, 0.6) is 5.75 Å². The molecule has 2 aromatic carbocycles. The Kier molecular flexibility index (Phi) is 7.19. The van der Waals surface area contributed by atoms with Crippen molar-refractivity contribution in [2.45, 2.75) is 13.3 Å². The molecule has 1 aliphatic rings. The van der Waals surface area contributed by atoms with Gasteiger partial charge < -0.3 is 15.0 Å². The van der Waals surface area contributed by atoms with Crippen molar-refractivity contribution < 1.29 is 18.7 Å². The van der Waals surface area contributed by atoms with Crippen LogP contribution in [0.4, 0.5) is 10.1 Å². The van der Waals surface area contributed by atoms with Crippen LogP contribution in [0.15, 0.2) is 48.5 Å². The van der Waals surface area contributed by atoms with Gasteiger partial charge in [0.1, 0.15) is 11.6 Å². The van der Waals surface area contributed by atoms with Crippen LogP contribution in [-0.4, -0.2) is 60.9 Å². The topological polar surface area (TPSA) is 61.9 Å². The van der Waals surface area contributed by atoms with Crippen molar-refractivity contribution in [2.75, 3.05) is 44.6 Å². The SMILES string of the molecule is CCOc1ccc(CC(=O)N2CCN(CC(=O)Nc3cccc(F)c3)CC2)cc1. The van der Waals surface area contributed by atoms with Gasteiger partial charge in [-0.3, -0.25) is 14.5 Å². The quantitative estimate of drug-likeness (QED) is 0.777. The van der Waals surface area contributed by atoms with Gasteiger partial charge in [0.05, 0.1) is 19.6 Å². The Labute approximate surface area is 170 Å². The molecule has 0 bridgehead atoms. The number of nitrogens with one attached hydrogen (secondary N) is 1. The summed E-state index contributed by atoms with van der Waals surface area (Å²) in [5, 5.41) is 2.70. The summed E-state index contributed by atoms with van der Waals surface area (Å²) in [5.41, 5.74) is 1.40. The lowest BCUT2D eigenvalue weighted by Gasteiger charge is -2.34. The molecule has 1 aliphatic heterocycles. The highest BCUT2D eigenvalue weighted by atomic mass is 19.1. The van der Waals surface area contributed by atoms with Gasteiger partial charge in [-0.15, -0.1) is 0 Å². The molecule has 2 aromatic rings. The first kappa shape index (κ1) is 20.8. The maximum Gasteiger partial charge on any atom is 0.238 e. The third kappa shape index (κ3) is 6.29. The minimum absolute atomic E-state index is 0.0815. The molecule has 7 heteroatoms. The van der Waals surface area contributed by atoms with Crippen LogP contribution < -0.4 is 10.1 Å². The molecule has 154 valence electrons. The number of rotatable bonds is 7. The van der Waals surface area contributed by atoms with Gasteiger partial charge in [-0.25, -0.2) is 4.39 Å². The first-order valence-corrected chi connectivity index (χ1v) is 9.81. The third-order valence-corrected chi connectivity index (χ3v) is 4.79. The molecule has 1 fully saturated rings. The second-order valence-corrected chi connectivity index (χ2v) is 6.97. The van der Waals surface area contributed by atoms with Gasteiger partial charge in [-0.1, -0.05) is 18.2 Å². The molecule has 6 nitrogen and oxygen atoms in total. The molecule has 0 radical (unpaired) electrons. The summed E-state index contributed by atoms with van der Waals surface area (Å²) in [4.78, 5) is 28.5. The number of hydrogen-bond donors (Lipinski definition) is 1. The van der Waals surface area contributed by atoms with E-state index in [-0.39, 0.29) is 24.2 Å². The monoisotopic (exact) mass is 399 g/mol. The molecule has 0 unspecified atom stereocenters. The highest BCUT2D eigenvalue weighted by Crippen LogP contribution is 2.14. The standard InChI is InChI=1S/C22H26FN3O3/c1-2-29-20-8-6-17(7-9-20)14-22(28)26-12-10-25(11-13-26)16-21(27)24-19-5-3-4-18(23)15-19/h3-9,15H,2,10-14,16H2,1H3,(H,24,27). The predicted octanol–water partition coefficient (Wildman–Crippen LogP) is 2.55. The third-order valence-electron chi connectivity index (χ3n) is 4.79. The zero-order valence-corrected chi connectivity index (χ0v) is 16.6. The van der Waals surface area contributed by atoms with Crippen LogP contribution in [0.2, 0.25) is 0 Å². The minimum Gasteiger partial charge on any atom is -0.494 e. The molecule has 1 heterocycles. The van der Waals surface area contributed by atoms with Crippen LogP contribution in [0.1, 0.15) is 12.5 Å². The fourth-order valence-corrected chi connectivity index (χ4v) is 3.28. The van der Waals surface area contributed by atoms with Crippen molar-refractivity contribution in [2.24, 2.45) is 0 Å². The van der Waals surface area contributed by atoms with E-state index >= 15 is 0 Å². The summed E-state index contributed by atoms with van der Waals surface area (Å²) in [6.07, 6.45) is 0.354. The fraction of sp³-hybridized carbons (Fsp3) is 0.364. The number of halogens is 1. The van der Waals surface area contributed by atoms with Crippen LogP contribution >= 0.6 is 0 Å². The molecule has 0 atom stereocenters. The zero-order chi connectivity index (χ0) is 20.6. The molecule has 0 spiro atoms. The molecule has 29 heavy (non-hydrogen) atoms. The van der Waals surface area contributed by atoms with Crippen LogP contribution in [0.3, 0.4) is 0 Å². The second kappa shape index (κ2) is 10.0. The van der Waals surface area contributed by atoms with Crippen molar-refractivity contribution in [3.05, 3.63) is 59.9 Å². The van der Waals surface area contributed by atoms with E-state index in [1.807, 2.05) is 41.0 Å². The average molecular weight is 399 g/mol. The summed E-state index contributed by atoms with van der Waals surface area (Å²) in [5.74, 6) is 0.305. The Morgan fingerprint density at radius 3 is 2.45 bits per heavy atom. The Balaban J connectivity index is 1.42. The summed E-state index contributed by atoms with van der Waals surface area (Å²) < 4.78 is 18.6. The van der Waals surface area contributed by atoms with Gasteiger partial charge in [0.25, 0.3) is 0 Å². The molecular weight excluding hydrogens is 373 g/mol. The van der Waals surface area contributed by atoms with E-state index in [0.717, 1.165) is 11.3 Å². The number of carbonyl (C=O) groups excluding carboxylic acids is 2. The molecule has 2 amide bonds. The van der Waals surface area contributed by atoms with E-state index in [0.29, 0.717) is 44.9 Å². The Morgan fingerprint density at radius 2 is 1.79 bits per heavy atom. The number of ether oxygens (including phenoxy) is 1. The average Bonchev–Trinajstić information content (AvgIpc) is 2.70. The number of amides is 2. The predicted molar refractivity (Wildman–Crippen MR) is 109 cm³/mol. The van der Waals surface area contributed by atoms with Gasteiger partial charge in [-0.05, 0) is 42.8 Å². The number of carbonyl (C=O) groups is 2. The fourth-order valence-electron chi connectivity index (χ4n) is 3.28. The second-order valence-electron chi connectivity index (χ2n) is 6.97. The largest absolute Gasteiger partial charge is 0.494 e. The molecule has 1 N–H and O–H groups in total. The summed E-state index contributed by atoms with van der Waals surface area (Å²) >= 11 is 0. The molecule has 0 aliphatic carbocycles. The molecule has 0 aromatic heterocycles. The molecule has 0 saturated carbocycles. The van der Waals surface area contributed by atoms with Gasteiger partial charge in [-0.2, -0.15) is 0 Å². The lowest BCUT2D eigenvalue weighted by Crippen LogP contribution is -2.50. The van der Waals surface area contributed by atoms with Crippen LogP contribution in [-0.2, 0) is 16.0 Å². The van der Waals surface area contributed by atoms with E-state index in [9.17, 15) is 14.0 Å². The van der Waals surface area contributed by atoms with Gasteiger partial charge in [0.15, 0.2) is 0 Å². The lowest BCUT2D eigenvalue weighted by molar-refractivity contribution is -0.132. The van der Waals surface area contributed by atoms with Crippen molar-refractivity contribution in [3.8, 4) is 5.75 Å². The zero-order valence-electron chi connectivity index (χ0n) is 16.6. The van der Waals surface area contributed by atoms with Crippen molar-refractivity contribution in [1.29, 1.82) is 0 Å². The van der Waals surface area contributed by atoms with Crippen molar-refractivity contribution in [3.63, 3.8) is 0 Å². The van der Waals surface area contributed by atoms with E-state index in [1.165, 1.54) is 12.1 Å². The van der Waals surface area contributed by atoms with Crippen LogP contribution in [0.25, 0.3) is 0 Å². The number of anilines is 1. The van der Waals surface area contributed by atoms with E-state index in [4.69, 9.17) is 4.74 Å². The number of piperazine rings is 1. The number of nitrogens with zero attached hydrogens (tertiary/aromatic N) is 2. The van der Waals surface area contributed by atoms with Crippen molar-refractivity contribution >= 4 is 17.5 Å². The maximum absolute atomic E-state index is 13.2. The van der Waals surface area contributed by atoms with Gasteiger partial charge in [0, 0.05) is 31.9 Å². The minimum atomic E-state index is -0.387. The van der Waals surface area contributed by atoms with Crippen LogP contribution in [0, 0.1) is 5.82 Å². The Hall–Kier alpha value is -2.93. The summed E-state index contributed by atoms with van der Waals surface area (Å²) in [7, 11) is 0. The van der Waals surface area contributed by atoms with E-state index < -0.39 is 0 Å². The smallest absolute Gasteiger partial charge is 0.238 e. The molecule has 1 saturated heterocycles. The van der Waals surface area contributed by atoms with E-state index in [2.05, 4.69) is 5.32 Å². The Bertz CT molecular complexity index is 833. The first-order chi connectivity index (χ1) is 14.0. The molecular formula is C22H26FN3O3. The highest BCUT2D eigenvalue weighted by Gasteiger charge is 2.22. The maximum atomic E-state index is 13.2. The van der Waals surface area contributed by atoms with E-state index in [1.54, 1.807) is 12.1 Å². The van der Waals surface area contributed by atoms with Gasteiger partial charge >= 0.3 is 0 Å². The highest BCUT2D eigenvalue weighted by molar-refractivity contribution is 5.92. The number of benzene rings is 2. The van der Waals surface area contributed by atoms with Gasteiger partial charge in [0.2, 0.25) is 11.8 Å². The van der Waals surface area contributed by atoms with Crippen molar-refractivity contribution in [1.82, 2.24) is 9.80 Å². The lowest BCUT2D eigenvalue weighted by atomic mass is 10.1. The normalized spacial score (nSPS) is 14.5. The molecule has 3 rings (SSSR count). The summed E-state index contributed by atoms with van der Waals surface area (Å²) in [6.45, 7) is 5.20. The number of hydrogen-bond acceptors (Lipinski definition) is 4. The Morgan fingerprint density at radius 1 is 1.07 bits per heavy atom. The summed E-state index contributed by atoms with van der Waals surface area (Å²) in [6, 6.07) is 13.4.